The predicted octanol–water partition coefficient (Wildman–Crippen LogP) is 8.60. The molecule has 0 fully saturated rings. The molecule has 1 aromatic heterocycles. The van der Waals surface area contributed by atoms with Gasteiger partial charge in [0.05, 0.1) is 5.56 Å². The van der Waals surface area contributed by atoms with Crippen molar-refractivity contribution in [2.45, 2.75) is 13.1 Å². The molecule has 0 aliphatic carbocycles. The summed E-state index contributed by atoms with van der Waals surface area (Å²) in [4.78, 5) is 10.8. The Kier molecular flexibility index (Phi) is 8.84. The van der Waals surface area contributed by atoms with E-state index in [1.807, 2.05) is 37.3 Å². The van der Waals surface area contributed by atoms with Crippen LogP contribution in [0, 0.1) is 18.8 Å². The molecule has 0 radical (unpaired) electrons. The van der Waals surface area contributed by atoms with Gasteiger partial charge in [0.25, 0.3) is 0 Å². The number of hydrogen-bond acceptors (Lipinski definition) is 4. The summed E-state index contributed by atoms with van der Waals surface area (Å²) in [5.74, 6) is 6.00. The van der Waals surface area contributed by atoms with Gasteiger partial charge in [-0.05, 0) is 119 Å². The van der Waals surface area contributed by atoms with Crippen LogP contribution in [0.15, 0.2) is 102 Å². The van der Waals surface area contributed by atoms with Gasteiger partial charge in [-0.15, -0.1) is 11.3 Å². The second kappa shape index (κ2) is 12.9. The fraction of sp³-hybridized carbons (Fsp3) is 0.114. The van der Waals surface area contributed by atoms with Gasteiger partial charge in [-0.2, -0.15) is 13.2 Å². The van der Waals surface area contributed by atoms with E-state index in [-0.39, 0.29) is 6.61 Å². The van der Waals surface area contributed by atoms with Crippen molar-refractivity contribution in [2.24, 2.45) is 0 Å². The van der Waals surface area contributed by atoms with E-state index in [0.717, 1.165) is 45.3 Å². The minimum Gasteiger partial charge on any atom is -0.489 e. The van der Waals surface area contributed by atoms with Crippen LogP contribution in [-0.4, -0.2) is 24.3 Å². The molecule has 5 rings (SSSR count). The largest absolute Gasteiger partial charge is 0.489 e. The first kappa shape index (κ1) is 29.5. The monoisotopic (exact) mass is 598 g/mol. The zero-order valence-corrected chi connectivity index (χ0v) is 23.8. The first-order valence-corrected chi connectivity index (χ1v) is 14.1. The highest BCUT2D eigenvalue weighted by Gasteiger charge is 2.29. The zero-order valence-electron chi connectivity index (χ0n) is 22.9. The van der Waals surface area contributed by atoms with E-state index in [1.165, 1.54) is 16.8 Å². The molecular weight excluding hydrogens is 573 g/mol. The first-order chi connectivity index (χ1) is 20.7. The average molecular weight is 599 g/mol. The van der Waals surface area contributed by atoms with Crippen LogP contribution in [0.5, 0.6) is 11.5 Å². The van der Waals surface area contributed by atoms with Gasteiger partial charge in [-0.1, -0.05) is 30.0 Å². The number of benzene rings is 4. The van der Waals surface area contributed by atoms with Crippen molar-refractivity contribution in [3.8, 4) is 23.3 Å². The molecule has 5 aromatic rings. The quantitative estimate of drug-likeness (QED) is 0.182. The Morgan fingerprint density at radius 1 is 0.860 bits per heavy atom. The van der Waals surface area contributed by atoms with Crippen LogP contribution >= 0.6 is 11.3 Å². The molecule has 43 heavy (non-hydrogen) atoms. The minimum atomic E-state index is -4.38. The van der Waals surface area contributed by atoms with Gasteiger partial charge in [0.2, 0.25) is 0 Å². The Morgan fingerprint density at radius 2 is 1.53 bits per heavy atom. The molecule has 0 aliphatic rings. The maximum absolute atomic E-state index is 12.8. The molecule has 0 aliphatic heterocycles. The third-order valence-electron chi connectivity index (χ3n) is 6.56. The highest BCUT2D eigenvalue weighted by Crippen LogP contribution is 2.31. The summed E-state index contributed by atoms with van der Waals surface area (Å²) >= 11 is 1.68. The number of carboxylic acids is 1. The molecule has 0 atom stereocenters. The molecule has 216 valence electrons. The summed E-state index contributed by atoms with van der Waals surface area (Å²) in [6, 6.07) is 26.0. The molecule has 8 heteroatoms. The van der Waals surface area contributed by atoms with Crippen LogP contribution in [0.3, 0.4) is 0 Å². The van der Waals surface area contributed by atoms with E-state index in [4.69, 9.17) is 14.6 Å². The molecular formula is C35H25F3O4S. The topological polar surface area (TPSA) is 55.8 Å². The fourth-order valence-corrected chi connectivity index (χ4v) is 5.16. The molecule has 0 saturated carbocycles. The van der Waals surface area contributed by atoms with Crippen LogP contribution < -0.4 is 9.47 Å². The van der Waals surface area contributed by atoms with Crippen molar-refractivity contribution < 1.29 is 32.5 Å². The molecule has 0 bridgehead atoms. The summed E-state index contributed by atoms with van der Waals surface area (Å²) in [5, 5.41) is 12.0. The maximum Gasteiger partial charge on any atom is 0.416 e. The van der Waals surface area contributed by atoms with Crippen LogP contribution in [-0.2, 0) is 11.0 Å². The number of fused-ring (bicyclic) bond motifs is 1. The highest BCUT2D eigenvalue weighted by molar-refractivity contribution is 7.17. The van der Waals surface area contributed by atoms with Gasteiger partial charge in [-0.25, -0.2) is 4.79 Å². The van der Waals surface area contributed by atoms with Crippen molar-refractivity contribution >= 4 is 33.0 Å². The van der Waals surface area contributed by atoms with Crippen LogP contribution in [0.2, 0.25) is 0 Å². The van der Waals surface area contributed by atoms with Gasteiger partial charge in [0.15, 0.2) is 6.61 Å². The lowest BCUT2D eigenvalue weighted by atomic mass is 9.96. The third kappa shape index (κ3) is 7.64. The standard InChI is InChI=1S/C35H25F3O4S/c1-23-20-30(13-14-32(23)42-22-34(39)40)41-18-16-31(27-10-15-33-28(21-27)17-19-43-33)26-8-4-24(5-9-26)2-3-25-6-11-29(12-7-25)35(36,37)38/h4-17,19-21H,18,22H2,1H3,(H,39,40)/b31-16+. The van der Waals surface area contributed by atoms with Crippen molar-refractivity contribution in [3.63, 3.8) is 0 Å². The lowest BCUT2D eigenvalue weighted by Crippen LogP contribution is -2.10. The lowest BCUT2D eigenvalue weighted by molar-refractivity contribution is -0.139. The van der Waals surface area contributed by atoms with Gasteiger partial charge in [-0.3, -0.25) is 0 Å². The number of halogens is 3. The van der Waals surface area contributed by atoms with Crippen LogP contribution in [0.25, 0.3) is 15.7 Å². The number of thiophene rings is 1. The molecule has 1 heterocycles. The lowest BCUT2D eigenvalue weighted by Gasteiger charge is -2.12. The second-order valence-corrected chi connectivity index (χ2v) is 10.6. The average Bonchev–Trinajstić information content (AvgIpc) is 3.46. The van der Waals surface area contributed by atoms with Crippen molar-refractivity contribution in [1.29, 1.82) is 0 Å². The van der Waals surface area contributed by atoms with Gasteiger partial charge < -0.3 is 14.6 Å². The number of hydrogen-bond donors (Lipinski definition) is 1. The Bertz CT molecular complexity index is 1840. The number of aryl methyl sites for hydroxylation is 1. The van der Waals surface area contributed by atoms with E-state index in [2.05, 4.69) is 41.5 Å². The van der Waals surface area contributed by atoms with E-state index >= 15 is 0 Å². The Morgan fingerprint density at radius 3 is 2.19 bits per heavy atom. The van der Waals surface area contributed by atoms with Gasteiger partial charge in [0, 0.05) is 15.8 Å². The molecule has 0 spiro atoms. The van der Waals surface area contributed by atoms with Crippen molar-refractivity contribution in [1.82, 2.24) is 0 Å². The third-order valence-corrected chi connectivity index (χ3v) is 7.46. The van der Waals surface area contributed by atoms with E-state index in [1.54, 1.807) is 29.5 Å². The summed E-state index contributed by atoms with van der Waals surface area (Å²) in [6.07, 6.45) is -2.38. The summed E-state index contributed by atoms with van der Waals surface area (Å²) < 4.78 is 51.0. The zero-order chi connectivity index (χ0) is 30.4. The van der Waals surface area contributed by atoms with Crippen LogP contribution in [0.1, 0.15) is 33.4 Å². The molecule has 4 aromatic carbocycles. The summed E-state index contributed by atoms with van der Waals surface area (Å²) in [6.45, 7) is 1.69. The molecule has 4 nitrogen and oxygen atoms in total. The highest BCUT2D eigenvalue weighted by atomic mass is 32.1. The normalized spacial score (nSPS) is 11.6. The van der Waals surface area contributed by atoms with Crippen molar-refractivity contribution in [2.75, 3.05) is 13.2 Å². The van der Waals surface area contributed by atoms with E-state index in [0.29, 0.717) is 17.1 Å². The smallest absolute Gasteiger partial charge is 0.416 e. The summed E-state index contributed by atoms with van der Waals surface area (Å²) in [7, 11) is 0. The fourth-order valence-electron chi connectivity index (χ4n) is 4.39. The van der Waals surface area contributed by atoms with Crippen molar-refractivity contribution in [3.05, 3.63) is 136 Å². The maximum atomic E-state index is 12.8. The summed E-state index contributed by atoms with van der Waals surface area (Å²) in [5.41, 5.74) is 4.22. The predicted molar refractivity (Wildman–Crippen MR) is 163 cm³/mol. The Balaban J connectivity index is 1.36. The van der Waals surface area contributed by atoms with E-state index in [9.17, 15) is 18.0 Å². The van der Waals surface area contributed by atoms with Gasteiger partial charge in [0.1, 0.15) is 18.1 Å². The number of alkyl halides is 3. The minimum absolute atomic E-state index is 0.279. The number of ether oxygens (including phenoxy) is 2. The number of carbonyl (C=O) groups is 1. The SMILES string of the molecule is Cc1cc(OC/C=C(\c2ccc(C#Cc3ccc(C(F)(F)F)cc3)cc2)c2ccc3sccc3c2)ccc1OCC(=O)O. The van der Waals surface area contributed by atoms with Gasteiger partial charge >= 0.3 is 12.1 Å². The Hall–Kier alpha value is -5.00. The molecule has 0 amide bonds. The molecule has 0 unspecified atom stereocenters. The Labute approximate surface area is 250 Å². The number of aliphatic carboxylic acids is 1. The first-order valence-electron chi connectivity index (χ1n) is 13.2. The molecule has 1 N–H and O–H groups in total. The number of rotatable bonds is 8. The van der Waals surface area contributed by atoms with Crippen LogP contribution in [0.4, 0.5) is 13.2 Å². The molecule has 0 saturated heterocycles. The van der Waals surface area contributed by atoms with E-state index < -0.39 is 24.3 Å². The second-order valence-electron chi connectivity index (χ2n) is 9.61. The number of carboxylic acid groups (broad SMARTS) is 1.